The zero-order chi connectivity index (χ0) is 21.1. The van der Waals surface area contributed by atoms with Crippen molar-refractivity contribution in [2.24, 2.45) is 0 Å². The van der Waals surface area contributed by atoms with Crippen molar-refractivity contribution in [3.8, 4) is 0 Å². The highest BCUT2D eigenvalue weighted by Crippen LogP contribution is 2.28. The van der Waals surface area contributed by atoms with Crippen LogP contribution in [0.5, 0.6) is 0 Å². The SMILES string of the molecule is O=C(CN(C(=O)CCc1ccccc1)C1CC1)N1CC(=O)N(c2cccc(Cl)c2)C1. The van der Waals surface area contributed by atoms with Gasteiger partial charge in [0.1, 0.15) is 19.8 Å². The minimum Gasteiger partial charge on any atom is -0.330 e. The van der Waals surface area contributed by atoms with Crippen LogP contribution >= 0.6 is 11.6 Å². The molecule has 0 aromatic heterocycles. The molecule has 2 aliphatic rings. The van der Waals surface area contributed by atoms with E-state index in [-0.39, 0.29) is 43.5 Å². The first kappa shape index (κ1) is 20.4. The summed E-state index contributed by atoms with van der Waals surface area (Å²) in [7, 11) is 0. The lowest BCUT2D eigenvalue weighted by Gasteiger charge is -2.25. The van der Waals surface area contributed by atoms with Gasteiger partial charge in [-0.1, -0.05) is 48.0 Å². The smallest absolute Gasteiger partial charge is 0.248 e. The fraction of sp³-hybridized carbons (Fsp3) is 0.348. The molecule has 1 saturated carbocycles. The fourth-order valence-electron chi connectivity index (χ4n) is 3.68. The Morgan fingerprint density at radius 2 is 1.83 bits per heavy atom. The molecule has 6 nitrogen and oxygen atoms in total. The lowest BCUT2D eigenvalue weighted by atomic mass is 10.1. The average Bonchev–Trinajstić information content (AvgIpc) is 3.51. The number of hydrogen-bond acceptors (Lipinski definition) is 3. The summed E-state index contributed by atoms with van der Waals surface area (Å²) in [5.41, 5.74) is 1.77. The molecular weight excluding hydrogens is 402 g/mol. The Kier molecular flexibility index (Phi) is 6.04. The standard InChI is InChI=1S/C23H24ClN3O3/c24-18-7-4-8-20(13-18)27-16-25(14-23(27)30)22(29)15-26(19-10-11-19)21(28)12-9-17-5-2-1-3-6-17/h1-8,13,19H,9-12,14-16H2. The minimum absolute atomic E-state index is 0.00748. The lowest BCUT2D eigenvalue weighted by molar-refractivity contribution is -0.140. The molecule has 0 unspecified atom stereocenters. The van der Waals surface area contributed by atoms with Crippen molar-refractivity contribution in [1.29, 1.82) is 0 Å². The number of aryl methyl sites for hydroxylation is 1. The first-order valence-electron chi connectivity index (χ1n) is 10.2. The summed E-state index contributed by atoms with van der Waals surface area (Å²) >= 11 is 6.03. The number of anilines is 1. The summed E-state index contributed by atoms with van der Waals surface area (Å²) in [5, 5.41) is 0.536. The van der Waals surface area contributed by atoms with E-state index in [2.05, 4.69) is 0 Å². The molecule has 0 atom stereocenters. The lowest BCUT2D eigenvalue weighted by Crippen LogP contribution is -2.43. The molecule has 0 spiro atoms. The Morgan fingerprint density at radius 1 is 1.07 bits per heavy atom. The van der Waals surface area contributed by atoms with Gasteiger partial charge in [0.15, 0.2) is 0 Å². The Labute approximate surface area is 181 Å². The highest BCUT2D eigenvalue weighted by molar-refractivity contribution is 6.31. The molecule has 30 heavy (non-hydrogen) atoms. The molecule has 0 radical (unpaired) electrons. The number of carbonyl (C=O) groups is 3. The number of hydrogen-bond donors (Lipinski definition) is 0. The van der Waals surface area contributed by atoms with Crippen molar-refractivity contribution >= 4 is 35.0 Å². The van der Waals surface area contributed by atoms with Gasteiger partial charge in [0.2, 0.25) is 17.7 Å². The predicted octanol–water partition coefficient (Wildman–Crippen LogP) is 3.10. The van der Waals surface area contributed by atoms with Crippen LogP contribution in [0.3, 0.4) is 0 Å². The third kappa shape index (κ3) is 4.82. The second kappa shape index (κ2) is 8.88. The molecule has 156 valence electrons. The molecule has 4 rings (SSSR count). The van der Waals surface area contributed by atoms with Gasteiger partial charge in [-0.3, -0.25) is 19.3 Å². The molecule has 1 aliphatic heterocycles. The van der Waals surface area contributed by atoms with Crippen LogP contribution in [0, 0.1) is 0 Å². The molecule has 0 bridgehead atoms. The van der Waals surface area contributed by atoms with Crippen molar-refractivity contribution in [2.75, 3.05) is 24.7 Å². The second-order valence-electron chi connectivity index (χ2n) is 7.77. The molecule has 2 fully saturated rings. The highest BCUT2D eigenvalue weighted by atomic mass is 35.5. The van der Waals surface area contributed by atoms with E-state index < -0.39 is 0 Å². The van der Waals surface area contributed by atoms with Crippen LogP contribution in [-0.2, 0) is 20.8 Å². The summed E-state index contributed by atoms with van der Waals surface area (Å²) in [4.78, 5) is 42.9. The summed E-state index contributed by atoms with van der Waals surface area (Å²) < 4.78 is 0. The Hall–Kier alpha value is -2.86. The molecule has 1 aliphatic carbocycles. The third-order valence-electron chi connectivity index (χ3n) is 5.50. The molecular formula is C23H24ClN3O3. The van der Waals surface area contributed by atoms with Gasteiger partial charge in [0.05, 0.1) is 0 Å². The number of benzene rings is 2. The first-order chi connectivity index (χ1) is 14.5. The van der Waals surface area contributed by atoms with E-state index in [4.69, 9.17) is 11.6 Å². The molecule has 2 aromatic carbocycles. The zero-order valence-electron chi connectivity index (χ0n) is 16.7. The Bertz CT molecular complexity index is 946. The average molecular weight is 426 g/mol. The topological polar surface area (TPSA) is 60.9 Å². The molecule has 1 heterocycles. The van der Waals surface area contributed by atoms with Crippen molar-refractivity contribution in [3.05, 3.63) is 65.2 Å². The fourth-order valence-corrected chi connectivity index (χ4v) is 3.86. The maximum absolute atomic E-state index is 12.9. The van der Waals surface area contributed by atoms with Crippen LogP contribution in [0.1, 0.15) is 24.8 Å². The number of halogens is 1. The third-order valence-corrected chi connectivity index (χ3v) is 5.73. The first-order valence-corrected chi connectivity index (χ1v) is 10.6. The van der Waals surface area contributed by atoms with Gasteiger partial charge in [0.25, 0.3) is 0 Å². The van der Waals surface area contributed by atoms with Crippen molar-refractivity contribution in [3.63, 3.8) is 0 Å². The summed E-state index contributed by atoms with van der Waals surface area (Å²) in [6.07, 6.45) is 2.89. The van der Waals surface area contributed by atoms with Gasteiger partial charge in [0, 0.05) is 23.2 Å². The molecule has 2 aromatic rings. The molecule has 3 amide bonds. The van der Waals surface area contributed by atoms with Crippen molar-refractivity contribution in [1.82, 2.24) is 9.80 Å². The normalized spacial score (nSPS) is 16.1. The summed E-state index contributed by atoms with van der Waals surface area (Å²) in [6.45, 7) is 0.214. The van der Waals surface area contributed by atoms with Gasteiger partial charge in [-0.05, 0) is 43.0 Å². The van der Waals surface area contributed by atoms with Crippen LogP contribution < -0.4 is 4.90 Å². The van der Waals surface area contributed by atoms with Crippen LogP contribution in [0.15, 0.2) is 54.6 Å². The van der Waals surface area contributed by atoms with E-state index in [9.17, 15) is 14.4 Å². The quantitative estimate of drug-likeness (QED) is 0.684. The van der Waals surface area contributed by atoms with E-state index in [1.54, 1.807) is 34.1 Å². The Balaban J connectivity index is 1.36. The molecule has 1 saturated heterocycles. The maximum Gasteiger partial charge on any atom is 0.248 e. The van der Waals surface area contributed by atoms with Crippen LogP contribution in [0.2, 0.25) is 5.02 Å². The number of amides is 3. The minimum atomic E-state index is -0.201. The van der Waals surface area contributed by atoms with Crippen LogP contribution in [0.25, 0.3) is 0 Å². The van der Waals surface area contributed by atoms with Crippen LogP contribution in [0.4, 0.5) is 5.69 Å². The predicted molar refractivity (Wildman–Crippen MR) is 115 cm³/mol. The highest BCUT2D eigenvalue weighted by Gasteiger charge is 2.37. The van der Waals surface area contributed by atoms with Gasteiger partial charge in [-0.25, -0.2) is 0 Å². The number of nitrogens with zero attached hydrogens (tertiary/aromatic N) is 3. The van der Waals surface area contributed by atoms with Crippen molar-refractivity contribution < 1.29 is 14.4 Å². The summed E-state index contributed by atoms with van der Waals surface area (Å²) in [6, 6.07) is 17.0. The van der Waals surface area contributed by atoms with E-state index in [0.29, 0.717) is 23.6 Å². The van der Waals surface area contributed by atoms with E-state index >= 15 is 0 Å². The number of carbonyl (C=O) groups excluding carboxylic acids is 3. The number of rotatable bonds is 7. The van der Waals surface area contributed by atoms with E-state index in [1.807, 2.05) is 30.3 Å². The van der Waals surface area contributed by atoms with Gasteiger partial charge in [-0.2, -0.15) is 0 Å². The van der Waals surface area contributed by atoms with E-state index in [1.165, 1.54) is 4.90 Å². The largest absolute Gasteiger partial charge is 0.330 e. The van der Waals surface area contributed by atoms with Gasteiger partial charge >= 0.3 is 0 Å². The van der Waals surface area contributed by atoms with Gasteiger partial charge in [-0.15, -0.1) is 0 Å². The zero-order valence-corrected chi connectivity index (χ0v) is 17.4. The maximum atomic E-state index is 12.9. The second-order valence-corrected chi connectivity index (χ2v) is 8.21. The molecule has 7 heteroatoms. The molecule has 0 N–H and O–H groups in total. The van der Waals surface area contributed by atoms with Gasteiger partial charge < -0.3 is 9.80 Å². The monoisotopic (exact) mass is 425 g/mol. The Morgan fingerprint density at radius 3 is 2.53 bits per heavy atom. The van der Waals surface area contributed by atoms with Crippen molar-refractivity contribution in [2.45, 2.75) is 31.7 Å². The van der Waals surface area contributed by atoms with Crippen LogP contribution in [-0.4, -0.2) is 53.3 Å². The van der Waals surface area contributed by atoms with E-state index in [0.717, 1.165) is 18.4 Å². The summed E-state index contributed by atoms with van der Waals surface area (Å²) in [5.74, 6) is -0.362.